The van der Waals surface area contributed by atoms with Crippen LogP contribution in [0.1, 0.15) is 32.6 Å². The molecule has 90 valence electrons. The van der Waals surface area contributed by atoms with Crippen molar-refractivity contribution in [2.45, 2.75) is 44.3 Å². The second kappa shape index (κ2) is 5.16. The molecule has 0 aliphatic carbocycles. The van der Waals surface area contributed by atoms with Crippen molar-refractivity contribution in [1.82, 2.24) is 5.32 Å². The summed E-state index contributed by atoms with van der Waals surface area (Å²) >= 11 is 0. The molecular formula is C10H18F3NO. The third-order valence-electron chi connectivity index (χ3n) is 2.82. The third-order valence-corrected chi connectivity index (χ3v) is 2.82. The van der Waals surface area contributed by atoms with E-state index in [4.69, 9.17) is 4.74 Å². The quantitative estimate of drug-likeness (QED) is 0.796. The van der Waals surface area contributed by atoms with Gasteiger partial charge in [0.25, 0.3) is 0 Å². The van der Waals surface area contributed by atoms with Crippen LogP contribution in [0, 0.1) is 0 Å². The minimum atomic E-state index is -4.18. The molecule has 1 atom stereocenters. The van der Waals surface area contributed by atoms with Gasteiger partial charge in [0.15, 0.2) is 0 Å². The van der Waals surface area contributed by atoms with Gasteiger partial charge in [-0.2, -0.15) is 13.2 Å². The molecule has 0 aromatic carbocycles. The first-order chi connectivity index (χ1) is 7.02. The first-order valence-electron chi connectivity index (χ1n) is 5.41. The average molecular weight is 225 g/mol. The Labute approximate surface area is 88.2 Å². The van der Waals surface area contributed by atoms with Crippen LogP contribution in [0.5, 0.6) is 0 Å². The van der Waals surface area contributed by atoms with Gasteiger partial charge in [0.05, 0.1) is 0 Å². The van der Waals surface area contributed by atoms with E-state index in [0.29, 0.717) is 26.0 Å². The average Bonchev–Trinajstić information content (AvgIpc) is 2.39. The highest BCUT2D eigenvalue weighted by Crippen LogP contribution is 2.38. The number of nitrogens with one attached hydrogen (secondary N) is 1. The molecule has 1 N–H and O–H groups in total. The number of halogens is 3. The molecule has 1 aliphatic rings. The normalized spacial score (nSPS) is 28.8. The molecule has 1 saturated heterocycles. The predicted octanol–water partition coefficient (Wildman–Crippen LogP) is 2.49. The Hall–Kier alpha value is -0.290. The third kappa shape index (κ3) is 3.08. The van der Waals surface area contributed by atoms with Crippen LogP contribution < -0.4 is 5.32 Å². The Kier molecular flexibility index (Phi) is 4.40. The lowest BCUT2D eigenvalue weighted by molar-refractivity contribution is -0.201. The van der Waals surface area contributed by atoms with Gasteiger partial charge in [0.2, 0.25) is 0 Å². The Balaban J connectivity index is 2.73. The second-order valence-electron chi connectivity index (χ2n) is 3.97. The van der Waals surface area contributed by atoms with Crippen LogP contribution in [0.25, 0.3) is 0 Å². The largest absolute Gasteiger partial charge is 0.406 e. The van der Waals surface area contributed by atoms with E-state index < -0.39 is 11.7 Å². The van der Waals surface area contributed by atoms with E-state index in [1.54, 1.807) is 0 Å². The first kappa shape index (κ1) is 12.8. The Morgan fingerprint density at radius 1 is 1.27 bits per heavy atom. The lowest BCUT2D eigenvalue weighted by Crippen LogP contribution is -2.57. The molecule has 0 aromatic rings. The summed E-state index contributed by atoms with van der Waals surface area (Å²) in [6.45, 7) is 2.89. The van der Waals surface area contributed by atoms with Gasteiger partial charge >= 0.3 is 6.18 Å². The van der Waals surface area contributed by atoms with Crippen molar-refractivity contribution in [1.29, 1.82) is 0 Å². The standard InChI is InChI=1S/C10H18F3NO/c1-2-6-14-9(10(11,12)13)4-3-7-15-8-5-9/h14H,2-8H2,1H3. The Morgan fingerprint density at radius 2 is 2.00 bits per heavy atom. The molecule has 1 rings (SSSR count). The molecule has 0 radical (unpaired) electrons. The number of hydrogen-bond donors (Lipinski definition) is 1. The molecular weight excluding hydrogens is 207 g/mol. The summed E-state index contributed by atoms with van der Waals surface area (Å²) in [6.07, 6.45) is -2.86. The van der Waals surface area contributed by atoms with E-state index in [2.05, 4.69) is 5.32 Å². The van der Waals surface area contributed by atoms with Crippen LogP contribution in [0.15, 0.2) is 0 Å². The Bertz CT molecular complexity index is 186. The molecule has 15 heavy (non-hydrogen) atoms. The molecule has 0 saturated carbocycles. The second-order valence-corrected chi connectivity index (χ2v) is 3.97. The zero-order chi connectivity index (χ0) is 11.4. The molecule has 5 heteroatoms. The van der Waals surface area contributed by atoms with Crippen LogP contribution >= 0.6 is 0 Å². The smallest absolute Gasteiger partial charge is 0.381 e. The summed E-state index contributed by atoms with van der Waals surface area (Å²) < 4.78 is 44.0. The van der Waals surface area contributed by atoms with Gasteiger partial charge in [-0.05, 0) is 32.2 Å². The number of ether oxygens (including phenoxy) is 1. The first-order valence-corrected chi connectivity index (χ1v) is 5.41. The minimum Gasteiger partial charge on any atom is -0.381 e. The van der Waals surface area contributed by atoms with E-state index >= 15 is 0 Å². The topological polar surface area (TPSA) is 21.3 Å². The van der Waals surface area contributed by atoms with E-state index in [0.717, 1.165) is 0 Å². The van der Waals surface area contributed by atoms with Gasteiger partial charge in [-0.3, -0.25) is 0 Å². The van der Waals surface area contributed by atoms with Crippen LogP contribution in [0.2, 0.25) is 0 Å². The van der Waals surface area contributed by atoms with Crippen molar-refractivity contribution in [3.63, 3.8) is 0 Å². The van der Waals surface area contributed by atoms with Gasteiger partial charge in [-0.25, -0.2) is 0 Å². The number of hydrogen-bond acceptors (Lipinski definition) is 2. The zero-order valence-corrected chi connectivity index (χ0v) is 8.99. The monoisotopic (exact) mass is 225 g/mol. The zero-order valence-electron chi connectivity index (χ0n) is 8.99. The fraction of sp³-hybridized carbons (Fsp3) is 1.00. The van der Waals surface area contributed by atoms with Crippen molar-refractivity contribution >= 4 is 0 Å². The molecule has 0 amide bonds. The van der Waals surface area contributed by atoms with Crippen LogP contribution in [-0.4, -0.2) is 31.5 Å². The molecule has 1 heterocycles. The van der Waals surface area contributed by atoms with E-state index in [-0.39, 0.29) is 19.4 Å². The summed E-state index contributed by atoms with van der Waals surface area (Å²) in [5.41, 5.74) is -1.72. The highest BCUT2D eigenvalue weighted by Gasteiger charge is 2.53. The van der Waals surface area contributed by atoms with Crippen LogP contribution in [0.4, 0.5) is 13.2 Å². The van der Waals surface area contributed by atoms with Crippen molar-refractivity contribution in [3.05, 3.63) is 0 Å². The maximum Gasteiger partial charge on any atom is 0.406 e. The van der Waals surface area contributed by atoms with E-state index in [1.807, 2.05) is 6.92 Å². The highest BCUT2D eigenvalue weighted by molar-refractivity contribution is 4.95. The molecule has 0 aromatic heterocycles. The number of alkyl halides is 3. The van der Waals surface area contributed by atoms with Gasteiger partial charge < -0.3 is 10.1 Å². The summed E-state index contributed by atoms with van der Waals surface area (Å²) in [6, 6.07) is 0. The lowest BCUT2D eigenvalue weighted by Gasteiger charge is -2.35. The minimum absolute atomic E-state index is 0.0243. The molecule has 0 bridgehead atoms. The Morgan fingerprint density at radius 3 is 2.60 bits per heavy atom. The number of rotatable bonds is 3. The van der Waals surface area contributed by atoms with E-state index in [9.17, 15) is 13.2 Å². The summed E-state index contributed by atoms with van der Waals surface area (Å²) in [5.74, 6) is 0. The molecule has 0 spiro atoms. The van der Waals surface area contributed by atoms with Crippen LogP contribution in [-0.2, 0) is 4.74 Å². The molecule has 1 fully saturated rings. The van der Waals surface area contributed by atoms with Crippen molar-refractivity contribution in [2.75, 3.05) is 19.8 Å². The highest BCUT2D eigenvalue weighted by atomic mass is 19.4. The van der Waals surface area contributed by atoms with Gasteiger partial charge in [0.1, 0.15) is 5.54 Å². The van der Waals surface area contributed by atoms with Crippen molar-refractivity contribution < 1.29 is 17.9 Å². The van der Waals surface area contributed by atoms with Crippen molar-refractivity contribution in [2.24, 2.45) is 0 Å². The molecule has 1 aliphatic heterocycles. The SMILES string of the molecule is CCCNC1(C(F)(F)F)CCCOCC1. The fourth-order valence-electron chi connectivity index (χ4n) is 1.87. The van der Waals surface area contributed by atoms with Gasteiger partial charge in [-0.1, -0.05) is 6.92 Å². The summed E-state index contributed by atoms with van der Waals surface area (Å²) in [4.78, 5) is 0. The van der Waals surface area contributed by atoms with Crippen molar-refractivity contribution in [3.8, 4) is 0 Å². The van der Waals surface area contributed by atoms with E-state index in [1.165, 1.54) is 0 Å². The summed E-state index contributed by atoms with van der Waals surface area (Å²) in [5, 5.41) is 2.66. The molecule has 1 unspecified atom stereocenters. The van der Waals surface area contributed by atoms with Gasteiger partial charge in [0, 0.05) is 13.2 Å². The maximum atomic E-state index is 13.0. The maximum absolute atomic E-state index is 13.0. The fourth-order valence-corrected chi connectivity index (χ4v) is 1.87. The van der Waals surface area contributed by atoms with Crippen LogP contribution in [0.3, 0.4) is 0 Å². The predicted molar refractivity (Wildman–Crippen MR) is 51.7 cm³/mol. The lowest BCUT2D eigenvalue weighted by atomic mass is 9.89. The molecule has 2 nitrogen and oxygen atoms in total. The van der Waals surface area contributed by atoms with Gasteiger partial charge in [-0.15, -0.1) is 0 Å². The summed E-state index contributed by atoms with van der Waals surface area (Å²) in [7, 11) is 0.